The first-order chi connectivity index (χ1) is 15.8. The molecule has 9 nitrogen and oxygen atoms in total. The van der Waals surface area contributed by atoms with Crippen LogP contribution in [-0.2, 0) is 29.5 Å². The van der Waals surface area contributed by atoms with Crippen molar-refractivity contribution in [3.05, 3.63) is 48.5 Å². The number of hydrogen-bond donors (Lipinski definition) is 2. The third kappa shape index (κ3) is 6.52. The minimum Gasteiger partial charge on any atom is -0.457 e. The molecule has 33 heavy (non-hydrogen) atoms. The van der Waals surface area contributed by atoms with Gasteiger partial charge in [-0.1, -0.05) is 0 Å². The van der Waals surface area contributed by atoms with Crippen LogP contribution in [0.3, 0.4) is 0 Å². The van der Waals surface area contributed by atoms with Gasteiger partial charge in [0, 0.05) is 26.3 Å². The lowest BCUT2D eigenvalue weighted by Crippen LogP contribution is -2.31. The number of nitrogens with one attached hydrogen (secondary N) is 2. The van der Waals surface area contributed by atoms with E-state index in [9.17, 15) is 16.8 Å². The Bertz CT molecular complexity index is 1030. The first-order valence-electron chi connectivity index (χ1n) is 10.9. The van der Waals surface area contributed by atoms with Crippen molar-refractivity contribution in [1.82, 2.24) is 9.44 Å². The van der Waals surface area contributed by atoms with Gasteiger partial charge < -0.3 is 14.2 Å². The average Bonchev–Trinajstić information content (AvgIpc) is 3.52. The Morgan fingerprint density at radius 1 is 0.697 bits per heavy atom. The molecule has 0 aromatic heterocycles. The molecule has 4 rings (SSSR count). The Balaban J connectivity index is 1.33. The Morgan fingerprint density at radius 2 is 1.09 bits per heavy atom. The molecule has 2 N–H and O–H groups in total. The van der Waals surface area contributed by atoms with E-state index in [2.05, 4.69) is 9.44 Å². The van der Waals surface area contributed by atoms with E-state index < -0.39 is 20.0 Å². The largest absolute Gasteiger partial charge is 0.457 e. The maximum atomic E-state index is 12.4. The Kier molecular flexibility index (Phi) is 7.67. The van der Waals surface area contributed by atoms with Gasteiger partial charge in [0.25, 0.3) is 0 Å². The predicted octanol–water partition coefficient (Wildman–Crippen LogP) is 2.39. The molecule has 0 unspecified atom stereocenters. The lowest BCUT2D eigenvalue weighted by atomic mass is 10.2. The van der Waals surface area contributed by atoms with E-state index in [1.807, 2.05) is 0 Å². The number of sulfonamides is 2. The summed E-state index contributed by atoms with van der Waals surface area (Å²) in [4.78, 5) is 0.262. The van der Waals surface area contributed by atoms with Gasteiger partial charge in [-0.15, -0.1) is 0 Å². The Hall–Kier alpha value is -2.02. The Labute approximate surface area is 194 Å². The number of benzene rings is 2. The molecule has 0 bridgehead atoms. The molecule has 0 radical (unpaired) electrons. The third-order valence-electron chi connectivity index (χ3n) is 5.55. The molecular formula is C22H28N2O7S2. The van der Waals surface area contributed by atoms with E-state index in [4.69, 9.17) is 14.2 Å². The fraction of sp³-hybridized carbons (Fsp3) is 0.455. The topological polar surface area (TPSA) is 120 Å². The van der Waals surface area contributed by atoms with Gasteiger partial charge in [-0.25, -0.2) is 26.3 Å². The van der Waals surface area contributed by atoms with Crippen LogP contribution in [-0.4, -0.2) is 55.3 Å². The summed E-state index contributed by atoms with van der Waals surface area (Å²) < 4.78 is 71.5. The summed E-state index contributed by atoms with van der Waals surface area (Å²) in [5, 5.41) is 0. The highest BCUT2D eigenvalue weighted by atomic mass is 32.2. The molecule has 0 amide bonds. The van der Waals surface area contributed by atoms with E-state index >= 15 is 0 Å². The van der Waals surface area contributed by atoms with Crippen LogP contribution in [0.15, 0.2) is 58.3 Å². The van der Waals surface area contributed by atoms with Gasteiger partial charge >= 0.3 is 0 Å². The van der Waals surface area contributed by atoms with E-state index in [0.29, 0.717) is 24.7 Å². The SMILES string of the molecule is O=S(=O)(NC[C@@H]1CCCO1)c1ccc(Oc2ccc(S(=O)(=O)NC[C@@H]3CCCO3)cc2)cc1. The summed E-state index contributed by atoms with van der Waals surface area (Å²) in [6.07, 6.45) is 3.41. The quantitative estimate of drug-likeness (QED) is 0.518. The van der Waals surface area contributed by atoms with Gasteiger partial charge in [0.2, 0.25) is 20.0 Å². The molecule has 2 atom stereocenters. The molecule has 0 spiro atoms. The first kappa shape index (κ1) is 24.1. The summed E-state index contributed by atoms with van der Waals surface area (Å²) >= 11 is 0. The molecule has 180 valence electrons. The van der Waals surface area contributed by atoms with Gasteiger partial charge in [-0.3, -0.25) is 0 Å². The third-order valence-corrected chi connectivity index (χ3v) is 8.43. The van der Waals surface area contributed by atoms with E-state index in [1.165, 1.54) is 24.3 Å². The highest BCUT2D eigenvalue weighted by Gasteiger charge is 2.21. The van der Waals surface area contributed by atoms with Gasteiger partial charge in [0.05, 0.1) is 22.0 Å². The molecule has 2 aliphatic heterocycles. The van der Waals surface area contributed by atoms with Crippen molar-refractivity contribution < 1.29 is 31.0 Å². The molecule has 2 aromatic carbocycles. The van der Waals surface area contributed by atoms with E-state index in [-0.39, 0.29) is 35.1 Å². The van der Waals surface area contributed by atoms with Crippen LogP contribution in [0.5, 0.6) is 11.5 Å². The number of ether oxygens (including phenoxy) is 3. The van der Waals surface area contributed by atoms with Crippen molar-refractivity contribution in [2.24, 2.45) is 0 Å². The van der Waals surface area contributed by atoms with Gasteiger partial charge in [0.1, 0.15) is 11.5 Å². The van der Waals surface area contributed by atoms with Crippen molar-refractivity contribution in [1.29, 1.82) is 0 Å². The summed E-state index contributed by atoms with van der Waals surface area (Å²) in [6, 6.07) is 12.0. The lowest BCUT2D eigenvalue weighted by Gasteiger charge is -2.12. The minimum absolute atomic E-state index is 0.0830. The zero-order valence-electron chi connectivity index (χ0n) is 18.1. The number of hydrogen-bond acceptors (Lipinski definition) is 7. The summed E-state index contributed by atoms with van der Waals surface area (Å²) in [5.74, 6) is 0.861. The van der Waals surface area contributed by atoms with Gasteiger partial charge in [-0.2, -0.15) is 0 Å². The second-order valence-electron chi connectivity index (χ2n) is 8.02. The van der Waals surface area contributed by atoms with Crippen molar-refractivity contribution in [3.8, 4) is 11.5 Å². The average molecular weight is 497 g/mol. The summed E-state index contributed by atoms with van der Waals surface area (Å²) in [6.45, 7) is 1.82. The second-order valence-corrected chi connectivity index (χ2v) is 11.6. The molecule has 2 saturated heterocycles. The zero-order chi connectivity index (χ0) is 23.3. The van der Waals surface area contributed by atoms with Gasteiger partial charge in [0.15, 0.2) is 0 Å². The van der Waals surface area contributed by atoms with Crippen LogP contribution in [0, 0.1) is 0 Å². The van der Waals surface area contributed by atoms with Crippen LogP contribution < -0.4 is 14.2 Å². The fourth-order valence-corrected chi connectivity index (χ4v) is 5.83. The molecule has 2 aromatic rings. The normalized spacial score (nSPS) is 21.3. The molecule has 11 heteroatoms. The van der Waals surface area contributed by atoms with Crippen LogP contribution in [0.25, 0.3) is 0 Å². The predicted molar refractivity (Wildman–Crippen MR) is 121 cm³/mol. The molecule has 0 aliphatic carbocycles. The van der Waals surface area contributed by atoms with E-state index in [0.717, 1.165) is 25.7 Å². The monoisotopic (exact) mass is 496 g/mol. The van der Waals surface area contributed by atoms with Crippen molar-refractivity contribution in [2.75, 3.05) is 26.3 Å². The van der Waals surface area contributed by atoms with Crippen LogP contribution in [0.1, 0.15) is 25.7 Å². The fourth-order valence-electron chi connectivity index (χ4n) is 3.69. The minimum atomic E-state index is -3.64. The van der Waals surface area contributed by atoms with Crippen LogP contribution in [0.4, 0.5) is 0 Å². The van der Waals surface area contributed by atoms with Gasteiger partial charge in [-0.05, 0) is 74.2 Å². The van der Waals surface area contributed by atoms with Crippen LogP contribution >= 0.6 is 0 Å². The summed E-state index contributed by atoms with van der Waals surface area (Å²) in [5.41, 5.74) is 0. The molecule has 2 heterocycles. The first-order valence-corrected chi connectivity index (χ1v) is 13.9. The van der Waals surface area contributed by atoms with Crippen LogP contribution in [0.2, 0.25) is 0 Å². The summed E-state index contributed by atoms with van der Waals surface area (Å²) in [7, 11) is -7.28. The van der Waals surface area contributed by atoms with E-state index in [1.54, 1.807) is 24.3 Å². The van der Waals surface area contributed by atoms with Crippen molar-refractivity contribution >= 4 is 20.0 Å². The second kappa shape index (κ2) is 10.5. The smallest absolute Gasteiger partial charge is 0.240 e. The number of rotatable bonds is 10. The maximum Gasteiger partial charge on any atom is 0.240 e. The Morgan fingerprint density at radius 3 is 1.42 bits per heavy atom. The van der Waals surface area contributed by atoms with Crippen molar-refractivity contribution in [2.45, 2.75) is 47.7 Å². The molecule has 2 fully saturated rings. The zero-order valence-corrected chi connectivity index (χ0v) is 19.7. The molecule has 2 aliphatic rings. The molecule has 0 saturated carbocycles. The maximum absolute atomic E-state index is 12.4. The lowest BCUT2D eigenvalue weighted by molar-refractivity contribution is 0.114. The van der Waals surface area contributed by atoms with Crippen molar-refractivity contribution in [3.63, 3.8) is 0 Å². The molecular weight excluding hydrogens is 468 g/mol. The highest BCUT2D eigenvalue weighted by molar-refractivity contribution is 7.89. The standard InChI is InChI=1S/C22H28N2O7S2/c25-32(26,23-15-19-3-1-13-29-19)21-9-5-17(6-10-21)31-18-7-11-22(12-8-18)33(27,28)24-16-20-4-2-14-30-20/h5-12,19-20,23-24H,1-4,13-16H2/t19-,20-/m0/s1. The highest BCUT2D eigenvalue weighted by Crippen LogP contribution is 2.24.